The van der Waals surface area contributed by atoms with Gasteiger partial charge in [0.15, 0.2) is 0 Å². The van der Waals surface area contributed by atoms with Crippen LogP contribution in [-0.2, 0) is 6.42 Å². The molecule has 2 nitrogen and oxygen atoms in total. The summed E-state index contributed by atoms with van der Waals surface area (Å²) in [4.78, 5) is 0. The molecule has 0 saturated carbocycles. The quantitative estimate of drug-likeness (QED) is 0.709. The molecule has 0 aliphatic carbocycles. The summed E-state index contributed by atoms with van der Waals surface area (Å²) < 4.78 is 5.88. The van der Waals surface area contributed by atoms with Crippen molar-refractivity contribution in [2.75, 3.05) is 6.61 Å². The highest BCUT2D eigenvalue weighted by Crippen LogP contribution is 2.27. The standard InChI is InChI=1S/C17H28ClNO/c1-4-6-7-14(5-2)12-20-17-9-8-15(10-13(3)19)11-16(17)18/h8-9,11,13-14H,4-7,10,12,19H2,1-3H3. The Morgan fingerprint density at radius 1 is 1.30 bits per heavy atom. The van der Waals surface area contributed by atoms with Crippen molar-refractivity contribution in [2.24, 2.45) is 11.7 Å². The highest BCUT2D eigenvalue weighted by atomic mass is 35.5. The minimum Gasteiger partial charge on any atom is -0.492 e. The second-order valence-electron chi connectivity index (χ2n) is 5.67. The molecule has 3 heteroatoms. The van der Waals surface area contributed by atoms with Gasteiger partial charge in [0.1, 0.15) is 5.75 Å². The molecule has 0 amide bonds. The van der Waals surface area contributed by atoms with Crippen LogP contribution in [0.3, 0.4) is 0 Å². The van der Waals surface area contributed by atoms with Gasteiger partial charge >= 0.3 is 0 Å². The third-order valence-electron chi connectivity index (χ3n) is 3.57. The molecule has 0 aliphatic rings. The van der Waals surface area contributed by atoms with Gasteiger partial charge < -0.3 is 10.5 Å². The molecule has 0 saturated heterocycles. The lowest BCUT2D eigenvalue weighted by Crippen LogP contribution is -2.17. The Bertz CT molecular complexity index is 393. The fraction of sp³-hybridized carbons (Fsp3) is 0.647. The summed E-state index contributed by atoms with van der Waals surface area (Å²) in [5.41, 5.74) is 6.96. The topological polar surface area (TPSA) is 35.2 Å². The van der Waals surface area contributed by atoms with Gasteiger partial charge in [-0.1, -0.05) is 50.8 Å². The molecule has 0 bridgehead atoms. The van der Waals surface area contributed by atoms with E-state index in [0.717, 1.165) is 30.8 Å². The molecule has 0 spiro atoms. The zero-order valence-corrected chi connectivity index (χ0v) is 13.7. The highest BCUT2D eigenvalue weighted by Gasteiger charge is 2.09. The van der Waals surface area contributed by atoms with Gasteiger partial charge in [0, 0.05) is 6.04 Å². The second kappa shape index (κ2) is 9.25. The maximum absolute atomic E-state index is 6.28. The van der Waals surface area contributed by atoms with Crippen molar-refractivity contribution in [3.63, 3.8) is 0 Å². The fourth-order valence-electron chi connectivity index (χ4n) is 2.27. The SMILES string of the molecule is CCCCC(CC)COc1ccc(CC(C)N)cc1Cl. The van der Waals surface area contributed by atoms with Crippen molar-refractivity contribution in [3.05, 3.63) is 28.8 Å². The first-order valence-corrected chi connectivity index (χ1v) is 8.11. The normalized spacial score (nSPS) is 14.1. The molecule has 0 aliphatic heterocycles. The van der Waals surface area contributed by atoms with E-state index in [1.165, 1.54) is 19.3 Å². The van der Waals surface area contributed by atoms with Crippen molar-refractivity contribution in [1.29, 1.82) is 0 Å². The zero-order valence-electron chi connectivity index (χ0n) is 13.0. The van der Waals surface area contributed by atoms with Crippen LogP contribution in [0.25, 0.3) is 0 Å². The molecule has 0 fully saturated rings. The van der Waals surface area contributed by atoms with Crippen LogP contribution in [0.4, 0.5) is 0 Å². The molecule has 2 N–H and O–H groups in total. The van der Waals surface area contributed by atoms with Crippen molar-refractivity contribution in [3.8, 4) is 5.75 Å². The largest absolute Gasteiger partial charge is 0.492 e. The summed E-state index contributed by atoms with van der Waals surface area (Å²) in [7, 11) is 0. The zero-order chi connectivity index (χ0) is 15.0. The van der Waals surface area contributed by atoms with Crippen molar-refractivity contribution < 1.29 is 4.74 Å². The van der Waals surface area contributed by atoms with Crippen molar-refractivity contribution in [2.45, 2.75) is 58.9 Å². The number of benzene rings is 1. The molecule has 114 valence electrons. The van der Waals surface area contributed by atoms with Crippen LogP contribution in [0.15, 0.2) is 18.2 Å². The predicted octanol–water partition coefficient (Wildman–Crippen LogP) is 4.82. The van der Waals surface area contributed by atoms with E-state index in [-0.39, 0.29) is 6.04 Å². The lowest BCUT2D eigenvalue weighted by Gasteiger charge is -2.16. The minimum absolute atomic E-state index is 0.149. The number of hydrogen-bond acceptors (Lipinski definition) is 2. The maximum Gasteiger partial charge on any atom is 0.137 e. The molecular weight excluding hydrogens is 270 g/mol. The molecule has 20 heavy (non-hydrogen) atoms. The van der Waals surface area contributed by atoms with Gasteiger partial charge in [-0.05, 0) is 43.4 Å². The summed E-state index contributed by atoms with van der Waals surface area (Å²) in [6.45, 7) is 7.19. The highest BCUT2D eigenvalue weighted by molar-refractivity contribution is 6.32. The number of hydrogen-bond donors (Lipinski definition) is 1. The monoisotopic (exact) mass is 297 g/mol. The molecule has 0 heterocycles. The molecular formula is C17H28ClNO. The first-order valence-electron chi connectivity index (χ1n) is 7.73. The van der Waals surface area contributed by atoms with E-state index in [2.05, 4.69) is 19.9 Å². The van der Waals surface area contributed by atoms with E-state index in [1.807, 2.05) is 19.1 Å². The first kappa shape index (κ1) is 17.3. The Labute approximate surface area is 128 Å². The van der Waals surface area contributed by atoms with Gasteiger partial charge in [0.05, 0.1) is 11.6 Å². The Kier molecular flexibility index (Phi) is 8.01. The third-order valence-corrected chi connectivity index (χ3v) is 3.87. The summed E-state index contributed by atoms with van der Waals surface area (Å²) >= 11 is 6.28. The van der Waals surface area contributed by atoms with Crippen LogP contribution in [-0.4, -0.2) is 12.6 Å². The fourth-order valence-corrected chi connectivity index (χ4v) is 2.52. The van der Waals surface area contributed by atoms with E-state index in [1.54, 1.807) is 0 Å². The Morgan fingerprint density at radius 3 is 2.60 bits per heavy atom. The maximum atomic E-state index is 6.28. The molecule has 1 aromatic carbocycles. The van der Waals surface area contributed by atoms with Crippen LogP contribution < -0.4 is 10.5 Å². The van der Waals surface area contributed by atoms with Gasteiger partial charge in [-0.15, -0.1) is 0 Å². The van der Waals surface area contributed by atoms with Crippen LogP contribution in [0.2, 0.25) is 5.02 Å². The van der Waals surface area contributed by atoms with E-state index in [0.29, 0.717) is 10.9 Å². The molecule has 2 unspecified atom stereocenters. The van der Waals surface area contributed by atoms with Crippen LogP contribution in [0.5, 0.6) is 5.75 Å². The Morgan fingerprint density at radius 2 is 2.05 bits per heavy atom. The van der Waals surface area contributed by atoms with Gasteiger partial charge in [0.2, 0.25) is 0 Å². The molecule has 0 aromatic heterocycles. The second-order valence-corrected chi connectivity index (χ2v) is 6.08. The Hall–Kier alpha value is -0.730. The van der Waals surface area contributed by atoms with E-state index >= 15 is 0 Å². The summed E-state index contributed by atoms with van der Waals surface area (Å²) in [5.74, 6) is 1.41. The summed E-state index contributed by atoms with van der Waals surface area (Å²) in [6.07, 6.45) is 5.73. The van der Waals surface area contributed by atoms with Gasteiger partial charge in [0.25, 0.3) is 0 Å². The minimum atomic E-state index is 0.149. The number of unbranched alkanes of at least 4 members (excludes halogenated alkanes) is 1. The van der Waals surface area contributed by atoms with Crippen LogP contribution in [0, 0.1) is 5.92 Å². The van der Waals surface area contributed by atoms with E-state index in [4.69, 9.17) is 22.1 Å². The number of nitrogens with two attached hydrogens (primary N) is 1. The lowest BCUT2D eigenvalue weighted by atomic mass is 10.0. The number of ether oxygens (including phenoxy) is 1. The molecule has 1 aromatic rings. The lowest BCUT2D eigenvalue weighted by molar-refractivity contribution is 0.233. The summed E-state index contributed by atoms with van der Waals surface area (Å²) in [6, 6.07) is 6.13. The van der Waals surface area contributed by atoms with Crippen LogP contribution in [0.1, 0.15) is 52.0 Å². The first-order chi connectivity index (χ1) is 9.56. The van der Waals surface area contributed by atoms with Gasteiger partial charge in [-0.3, -0.25) is 0 Å². The number of halogens is 1. The van der Waals surface area contributed by atoms with Gasteiger partial charge in [-0.2, -0.15) is 0 Å². The average molecular weight is 298 g/mol. The number of rotatable bonds is 9. The van der Waals surface area contributed by atoms with Crippen molar-refractivity contribution >= 4 is 11.6 Å². The Balaban J connectivity index is 2.55. The predicted molar refractivity (Wildman–Crippen MR) is 87.6 cm³/mol. The smallest absolute Gasteiger partial charge is 0.137 e. The third kappa shape index (κ3) is 6.15. The van der Waals surface area contributed by atoms with E-state index < -0.39 is 0 Å². The van der Waals surface area contributed by atoms with Gasteiger partial charge in [-0.25, -0.2) is 0 Å². The summed E-state index contributed by atoms with van der Waals surface area (Å²) in [5, 5.41) is 0.688. The molecule has 1 rings (SSSR count). The van der Waals surface area contributed by atoms with Crippen LogP contribution >= 0.6 is 11.6 Å². The molecule has 0 radical (unpaired) electrons. The average Bonchev–Trinajstić information content (AvgIpc) is 2.40. The van der Waals surface area contributed by atoms with E-state index in [9.17, 15) is 0 Å². The van der Waals surface area contributed by atoms with Crippen molar-refractivity contribution in [1.82, 2.24) is 0 Å². The molecule has 2 atom stereocenters.